The fourth-order valence-electron chi connectivity index (χ4n) is 3.01. The first-order valence-corrected chi connectivity index (χ1v) is 9.20. The van der Waals surface area contributed by atoms with Crippen LogP contribution in [0.4, 0.5) is 13.2 Å². The Kier molecular flexibility index (Phi) is 4.42. The van der Waals surface area contributed by atoms with E-state index in [0.717, 1.165) is 18.3 Å². The molecule has 9 heteroatoms. The van der Waals surface area contributed by atoms with Gasteiger partial charge in [-0.15, -0.1) is 11.3 Å². The van der Waals surface area contributed by atoms with Gasteiger partial charge in [0.05, 0.1) is 15.6 Å². The van der Waals surface area contributed by atoms with Crippen LogP contribution in [0.25, 0.3) is 31.8 Å². The van der Waals surface area contributed by atoms with E-state index in [0.29, 0.717) is 10.2 Å². The number of halogens is 3. The average molecular weight is 419 g/mol. The molecule has 0 saturated heterocycles. The summed E-state index contributed by atoms with van der Waals surface area (Å²) in [5.41, 5.74) is -1.16. The molecule has 2 heterocycles. The number of nitrogens with zero attached hydrogens (tertiary/aromatic N) is 1. The van der Waals surface area contributed by atoms with Gasteiger partial charge in [-0.05, 0) is 31.2 Å². The summed E-state index contributed by atoms with van der Waals surface area (Å²) >= 11 is 0.979. The van der Waals surface area contributed by atoms with Crippen LogP contribution in [-0.2, 0) is 11.0 Å². The zero-order chi connectivity index (χ0) is 20.9. The fourth-order valence-corrected chi connectivity index (χ4v) is 4.02. The molecule has 148 valence electrons. The Morgan fingerprint density at radius 2 is 1.90 bits per heavy atom. The number of hydrogen-bond donors (Lipinski definition) is 0. The number of alkyl halides is 3. The fraction of sp³-hybridized carbons (Fsp3) is 0.150. The van der Waals surface area contributed by atoms with Gasteiger partial charge in [0.25, 0.3) is 0 Å². The number of thiazole rings is 1. The third-order valence-electron chi connectivity index (χ3n) is 4.28. The third-order valence-corrected chi connectivity index (χ3v) is 5.33. The molecule has 2 aromatic heterocycles. The van der Waals surface area contributed by atoms with Crippen LogP contribution >= 0.6 is 11.3 Å². The van der Waals surface area contributed by atoms with E-state index in [1.807, 2.05) is 0 Å². The van der Waals surface area contributed by atoms with Crippen molar-refractivity contribution in [1.29, 1.82) is 0 Å². The first-order chi connectivity index (χ1) is 13.7. The number of fused-ring (bicyclic) bond motifs is 2. The van der Waals surface area contributed by atoms with Crippen molar-refractivity contribution < 1.29 is 27.1 Å². The monoisotopic (exact) mass is 419 g/mol. The Hall–Kier alpha value is -3.20. The minimum atomic E-state index is -4.93. The molecule has 0 amide bonds. The second kappa shape index (κ2) is 6.70. The van der Waals surface area contributed by atoms with Crippen LogP contribution in [0, 0.1) is 6.92 Å². The van der Waals surface area contributed by atoms with Crippen molar-refractivity contribution in [3.05, 3.63) is 57.9 Å². The number of carbonyl (C=O) groups excluding carboxylic acids is 1. The van der Waals surface area contributed by atoms with Gasteiger partial charge < -0.3 is 9.15 Å². The first-order valence-electron chi connectivity index (χ1n) is 8.39. The van der Waals surface area contributed by atoms with Crippen LogP contribution in [0.3, 0.4) is 0 Å². The second-order valence-corrected chi connectivity index (χ2v) is 7.31. The number of esters is 1. The molecule has 0 radical (unpaired) electrons. The molecular formula is C20H12F3NO4S. The molecule has 0 atom stereocenters. The van der Waals surface area contributed by atoms with Crippen LogP contribution < -0.4 is 10.2 Å². The summed E-state index contributed by atoms with van der Waals surface area (Å²) in [7, 11) is 0. The zero-order valence-corrected chi connectivity index (χ0v) is 15.9. The normalized spacial score (nSPS) is 11.9. The van der Waals surface area contributed by atoms with E-state index in [-0.39, 0.29) is 27.3 Å². The molecule has 0 unspecified atom stereocenters. The molecule has 0 aliphatic rings. The minimum absolute atomic E-state index is 0.0222. The topological polar surface area (TPSA) is 69.4 Å². The van der Waals surface area contributed by atoms with Gasteiger partial charge >= 0.3 is 12.1 Å². The lowest BCUT2D eigenvalue weighted by atomic mass is 10.1. The third kappa shape index (κ3) is 3.27. The Bertz CT molecular complexity index is 1300. The van der Waals surface area contributed by atoms with Crippen LogP contribution in [0.15, 0.2) is 45.6 Å². The Balaban J connectivity index is 2.07. The summed E-state index contributed by atoms with van der Waals surface area (Å²) in [6, 6.07) is 9.44. The molecule has 0 aliphatic carbocycles. The predicted molar refractivity (Wildman–Crippen MR) is 102 cm³/mol. The van der Waals surface area contributed by atoms with Gasteiger partial charge in [-0.25, -0.2) is 4.98 Å². The van der Waals surface area contributed by atoms with Gasteiger partial charge in [0.15, 0.2) is 0 Å². The maximum Gasteiger partial charge on any atom is 0.450 e. The Labute approximate surface area is 165 Å². The quantitative estimate of drug-likeness (QED) is 0.325. The van der Waals surface area contributed by atoms with Crippen LogP contribution in [0.2, 0.25) is 0 Å². The summed E-state index contributed by atoms with van der Waals surface area (Å²) in [5, 5.41) is -0.128. The number of para-hydroxylation sites is 1. The van der Waals surface area contributed by atoms with Gasteiger partial charge in [-0.3, -0.25) is 9.59 Å². The number of hydrogen-bond acceptors (Lipinski definition) is 6. The Morgan fingerprint density at radius 1 is 1.17 bits per heavy atom. The zero-order valence-electron chi connectivity index (χ0n) is 15.1. The van der Waals surface area contributed by atoms with Gasteiger partial charge in [-0.1, -0.05) is 12.1 Å². The lowest BCUT2D eigenvalue weighted by Crippen LogP contribution is -2.16. The van der Waals surface area contributed by atoms with Gasteiger partial charge in [0, 0.05) is 12.5 Å². The predicted octanol–water partition coefficient (Wildman–Crippen LogP) is 5.32. The SMILES string of the molecule is CC(=O)Oc1ccc2c(=O)c(-c3nc4ccccc4s3)c(C(F)(F)F)oc2c1C. The van der Waals surface area contributed by atoms with E-state index >= 15 is 0 Å². The number of aryl methyl sites for hydroxylation is 1. The van der Waals surface area contributed by atoms with E-state index in [4.69, 9.17) is 9.15 Å². The Morgan fingerprint density at radius 3 is 2.55 bits per heavy atom. The molecule has 4 rings (SSSR count). The molecule has 0 spiro atoms. The lowest BCUT2D eigenvalue weighted by Gasteiger charge is -2.13. The van der Waals surface area contributed by atoms with E-state index in [1.165, 1.54) is 19.1 Å². The minimum Gasteiger partial charge on any atom is -0.450 e. The summed E-state index contributed by atoms with van der Waals surface area (Å²) in [5.74, 6) is -2.05. The standard InChI is InChI=1S/C20H12F3NO4S/c1-9-13(27-10(2)25)8-7-11-16(26)15(18(20(21,22)23)28-17(9)11)19-24-12-5-3-4-6-14(12)29-19/h3-8H,1-2H3. The van der Waals surface area contributed by atoms with Crippen molar-refractivity contribution in [3.63, 3.8) is 0 Å². The number of benzene rings is 2. The van der Waals surface area contributed by atoms with Gasteiger partial charge in [0.1, 0.15) is 21.9 Å². The van der Waals surface area contributed by atoms with Gasteiger partial charge in [-0.2, -0.15) is 13.2 Å². The largest absolute Gasteiger partial charge is 0.450 e. The maximum atomic E-state index is 13.8. The van der Waals surface area contributed by atoms with Crippen molar-refractivity contribution in [2.45, 2.75) is 20.0 Å². The molecule has 0 bridgehead atoms. The van der Waals surface area contributed by atoms with Crippen molar-refractivity contribution in [3.8, 4) is 16.3 Å². The molecule has 29 heavy (non-hydrogen) atoms. The van der Waals surface area contributed by atoms with Crippen molar-refractivity contribution in [1.82, 2.24) is 4.98 Å². The number of carbonyl (C=O) groups is 1. The maximum absolute atomic E-state index is 13.8. The van der Waals surface area contributed by atoms with E-state index in [9.17, 15) is 22.8 Å². The molecule has 0 saturated carbocycles. The summed E-state index contributed by atoms with van der Waals surface area (Å²) < 4.78 is 52.2. The molecular weight excluding hydrogens is 407 g/mol. The summed E-state index contributed by atoms with van der Waals surface area (Å²) in [6.07, 6.45) is -4.93. The molecule has 5 nitrogen and oxygen atoms in total. The van der Waals surface area contributed by atoms with Crippen molar-refractivity contribution in [2.24, 2.45) is 0 Å². The van der Waals surface area contributed by atoms with Crippen LogP contribution in [0.5, 0.6) is 5.75 Å². The second-order valence-electron chi connectivity index (χ2n) is 6.28. The molecule has 0 aliphatic heterocycles. The molecule has 4 aromatic rings. The highest BCUT2D eigenvalue weighted by Crippen LogP contribution is 2.40. The highest BCUT2D eigenvalue weighted by molar-refractivity contribution is 7.21. The lowest BCUT2D eigenvalue weighted by molar-refractivity contribution is -0.152. The van der Waals surface area contributed by atoms with Crippen LogP contribution in [0.1, 0.15) is 18.2 Å². The van der Waals surface area contributed by atoms with Crippen LogP contribution in [-0.4, -0.2) is 11.0 Å². The molecule has 2 aromatic carbocycles. The highest BCUT2D eigenvalue weighted by atomic mass is 32.1. The number of aromatic nitrogens is 1. The molecule has 0 fully saturated rings. The average Bonchev–Trinajstić information content (AvgIpc) is 3.06. The smallest absolute Gasteiger partial charge is 0.450 e. The van der Waals surface area contributed by atoms with E-state index < -0.39 is 28.9 Å². The summed E-state index contributed by atoms with van der Waals surface area (Å²) in [6.45, 7) is 2.58. The highest BCUT2D eigenvalue weighted by Gasteiger charge is 2.40. The first kappa shape index (κ1) is 19.1. The van der Waals surface area contributed by atoms with Gasteiger partial charge in [0.2, 0.25) is 11.2 Å². The number of ether oxygens (including phenoxy) is 1. The van der Waals surface area contributed by atoms with E-state index in [1.54, 1.807) is 24.3 Å². The molecule has 0 N–H and O–H groups in total. The van der Waals surface area contributed by atoms with Crippen molar-refractivity contribution in [2.75, 3.05) is 0 Å². The van der Waals surface area contributed by atoms with Crippen molar-refractivity contribution >= 4 is 38.5 Å². The van der Waals surface area contributed by atoms with E-state index in [2.05, 4.69) is 4.98 Å². The number of rotatable bonds is 2. The summed E-state index contributed by atoms with van der Waals surface area (Å²) in [4.78, 5) is 28.5.